The van der Waals surface area contributed by atoms with Crippen LogP contribution >= 0.6 is 0 Å². The molecule has 6 nitrogen and oxygen atoms in total. The quantitative estimate of drug-likeness (QED) is 0.727. The van der Waals surface area contributed by atoms with Crippen LogP contribution in [-0.4, -0.2) is 24.2 Å². The zero-order valence-electron chi connectivity index (χ0n) is 14.4. The Labute approximate surface area is 149 Å². The minimum atomic E-state index is -0.406. The molecular weight excluding hydrogens is 332 g/mol. The molecule has 0 spiro atoms. The first-order valence-corrected chi connectivity index (χ1v) is 7.94. The minimum absolute atomic E-state index is 0.150. The highest BCUT2D eigenvalue weighted by atomic mass is 16.5. The van der Waals surface area contributed by atoms with Gasteiger partial charge in [0, 0.05) is 11.1 Å². The first-order chi connectivity index (χ1) is 12.6. The Morgan fingerprint density at radius 3 is 1.46 bits per heavy atom. The molecule has 0 unspecified atom stereocenters. The number of aromatic nitrogens is 2. The molecule has 3 aromatic rings. The normalized spacial score (nSPS) is 12.2. The molecule has 0 bridgehead atoms. The van der Waals surface area contributed by atoms with E-state index < -0.39 is 11.1 Å². The van der Waals surface area contributed by atoms with Crippen LogP contribution in [0, 0.1) is 0 Å². The summed E-state index contributed by atoms with van der Waals surface area (Å²) >= 11 is 0. The van der Waals surface area contributed by atoms with Gasteiger partial charge in [-0.25, -0.2) is 0 Å². The molecule has 0 saturated heterocycles. The summed E-state index contributed by atoms with van der Waals surface area (Å²) in [4.78, 5) is 30.0. The molecule has 0 aliphatic carbocycles. The molecule has 1 aromatic heterocycles. The Morgan fingerprint density at radius 2 is 1.08 bits per heavy atom. The van der Waals surface area contributed by atoms with Gasteiger partial charge in [0.15, 0.2) is 0 Å². The fraction of sp³-hybridized carbons (Fsp3) is 0.100. The van der Waals surface area contributed by atoms with Gasteiger partial charge < -0.3 is 19.4 Å². The summed E-state index contributed by atoms with van der Waals surface area (Å²) in [6, 6.07) is 14.5. The number of hydrogen-bond acceptors (Lipinski definition) is 4. The highest BCUT2D eigenvalue weighted by molar-refractivity contribution is 5.57. The van der Waals surface area contributed by atoms with E-state index in [-0.39, 0.29) is 10.7 Å². The molecule has 0 aliphatic heterocycles. The van der Waals surface area contributed by atoms with Crippen molar-refractivity contribution in [2.45, 2.75) is 0 Å². The number of benzene rings is 2. The van der Waals surface area contributed by atoms with Gasteiger partial charge in [-0.05, 0) is 24.3 Å². The van der Waals surface area contributed by atoms with Gasteiger partial charge in [0.25, 0.3) is 11.1 Å². The molecule has 0 aliphatic rings. The topological polar surface area (TPSA) is 84.2 Å². The largest absolute Gasteiger partial charge is 0.496 e. The number of nitrogens with one attached hydrogen (secondary N) is 2. The van der Waals surface area contributed by atoms with E-state index in [1.165, 1.54) is 0 Å². The molecule has 0 atom stereocenters. The van der Waals surface area contributed by atoms with Crippen molar-refractivity contribution in [2.24, 2.45) is 0 Å². The highest BCUT2D eigenvalue weighted by Crippen LogP contribution is 2.17. The summed E-state index contributed by atoms with van der Waals surface area (Å²) in [5.41, 5.74) is 0.573. The summed E-state index contributed by atoms with van der Waals surface area (Å²) in [5.74, 6) is 1.22. The van der Waals surface area contributed by atoms with Gasteiger partial charge in [0.05, 0.1) is 14.2 Å². The van der Waals surface area contributed by atoms with Crippen LogP contribution in [0.1, 0.15) is 11.1 Å². The second-order valence-electron chi connectivity index (χ2n) is 5.51. The SMILES string of the molecule is COc1ccccc1C=c1[nH]c(=O)/c(=C\c2ccccc2OC)[nH]c1=O. The van der Waals surface area contributed by atoms with E-state index in [0.717, 1.165) is 0 Å². The van der Waals surface area contributed by atoms with Crippen molar-refractivity contribution < 1.29 is 9.47 Å². The third-order valence-electron chi connectivity index (χ3n) is 3.86. The molecule has 3 rings (SSSR count). The van der Waals surface area contributed by atoms with Crippen molar-refractivity contribution >= 4 is 12.2 Å². The summed E-state index contributed by atoms with van der Waals surface area (Å²) < 4.78 is 10.5. The standard InChI is InChI=1S/C20H18N2O4/c1-25-17-9-5-3-7-13(17)11-15-19(23)22-16(20(24)21-15)12-14-8-4-6-10-18(14)26-2/h3-12H,1-2H3,(H,21,24)(H,22,23)/b15-11+,16-12?. The first kappa shape index (κ1) is 17.3. The van der Waals surface area contributed by atoms with Gasteiger partial charge in [0.2, 0.25) is 0 Å². The second-order valence-corrected chi connectivity index (χ2v) is 5.51. The van der Waals surface area contributed by atoms with E-state index >= 15 is 0 Å². The molecular formula is C20H18N2O4. The van der Waals surface area contributed by atoms with E-state index in [1.54, 1.807) is 50.6 Å². The van der Waals surface area contributed by atoms with Crippen LogP contribution in [0.3, 0.4) is 0 Å². The number of aromatic amines is 2. The molecule has 2 aromatic carbocycles. The van der Waals surface area contributed by atoms with E-state index in [1.807, 2.05) is 24.3 Å². The number of H-pyrrole nitrogens is 2. The fourth-order valence-corrected chi connectivity index (χ4v) is 2.58. The summed E-state index contributed by atoms with van der Waals surface area (Å²) in [7, 11) is 3.09. The van der Waals surface area contributed by atoms with E-state index in [9.17, 15) is 9.59 Å². The monoisotopic (exact) mass is 350 g/mol. The van der Waals surface area contributed by atoms with Crippen molar-refractivity contribution in [2.75, 3.05) is 14.2 Å². The number of para-hydroxylation sites is 2. The van der Waals surface area contributed by atoms with Crippen molar-refractivity contribution in [3.05, 3.63) is 91.1 Å². The molecule has 1 heterocycles. The van der Waals surface area contributed by atoms with Crippen LogP contribution in [-0.2, 0) is 0 Å². The predicted octanol–water partition coefficient (Wildman–Crippen LogP) is 0.738. The highest BCUT2D eigenvalue weighted by Gasteiger charge is 2.02. The summed E-state index contributed by atoms with van der Waals surface area (Å²) in [6.45, 7) is 0. The van der Waals surface area contributed by atoms with Gasteiger partial charge >= 0.3 is 0 Å². The van der Waals surface area contributed by atoms with Gasteiger partial charge in [-0.15, -0.1) is 0 Å². The third-order valence-corrected chi connectivity index (χ3v) is 3.86. The van der Waals surface area contributed by atoms with Crippen molar-refractivity contribution in [1.29, 1.82) is 0 Å². The van der Waals surface area contributed by atoms with Crippen LogP contribution in [0.25, 0.3) is 12.2 Å². The van der Waals surface area contributed by atoms with E-state index in [2.05, 4.69) is 9.97 Å². The Balaban J connectivity index is 2.16. The Morgan fingerprint density at radius 1 is 0.692 bits per heavy atom. The smallest absolute Gasteiger partial charge is 0.272 e. The van der Waals surface area contributed by atoms with Crippen molar-refractivity contribution in [3.63, 3.8) is 0 Å². The summed E-state index contributed by atoms with van der Waals surface area (Å²) in [5, 5.41) is 0.299. The Hall–Kier alpha value is -3.54. The zero-order valence-corrected chi connectivity index (χ0v) is 14.4. The van der Waals surface area contributed by atoms with Crippen LogP contribution in [0.5, 0.6) is 11.5 Å². The van der Waals surface area contributed by atoms with Gasteiger partial charge in [0.1, 0.15) is 22.2 Å². The molecule has 26 heavy (non-hydrogen) atoms. The maximum atomic E-state index is 12.4. The van der Waals surface area contributed by atoms with Crippen LogP contribution in [0.4, 0.5) is 0 Å². The third kappa shape index (κ3) is 3.59. The van der Waals surface area contributed by atoms with Crippen molar-refractivity contribution in [3.8, 4) is 11.5 Å². The van der Waals surface area contributed by atoms with Gasteiger partial charge in [-0.2, -0.15) is 0 Å². The van der Waals surface area contributed by atoms with E-state index in [4.69, 9.17) is 9.47 Å². The lowest BCUT2D eigenvalue weighted by molar-refractivity contribution is 0.413. The minimum Gasteiger partial charge on any atom is -0.496 e. The van der Waals surface area contributed by atoms with Crippen LogP contribution < -0.4 is 31.3 Å². The lowest BCUT2D eigenvalue weighted by Gasteiger charge is -2.03. The lowest BCUT2D eigenvalue weighted by Crippen LogP contribution is -2.46. The molecule has 0 saturated carbocycles. The number of methoxy groups -OCH3 is 2. The van der Waals surface area contributed by atoms with E-state index in [0.29, 0.717) is 22.6 Å². The zero-order chi connectivity index (χ0) is 18.5. The fourth-order valence-electron chi connectivity index (χ4n) is 2.58. The molecule has 0 radical (unpaired) electrons. The summed E-state index contributed by atoms with van der Waals surface area (Å²) in [6.07, 6.45) is 3.15. The maximum Gasteiger partial charge on any atom is 0.272 e. The number of rotatable bonds is 4. The van der Waals surface area contributed by atoms with Crippen LogP contribution in [0.2, 0.25) is 0 Å². The average Bonchev–Trinajstić information content (AvgIpc) is 2.66. The molecule has 6 heteroatoms. The average molecular weight is 350 g/mol. The Kier molecular flexibility index (Phi) is 5.03. The van der Waals surface area contributed by atoms with Gasteiger partial charge in [-0.3, -0.25) is 9.59 Å². The van der Waals surface area contributed by atoms with Gasteiger partial charge in [-0.1, -0.05) is 36.4 Å². The Bertz CT molecular complexity index is 1070. The molecule has 2 N–H and O–H groups in total. The first-order valence-electron chi connectivity index (χ1n) is 7.94. The molecule has 132 valence electrons. The molecule has 0 fully saturated rings. The lowest BCUT2D eigenvalue weighted by atomic mass is 10.2. The maximum absolute atomic E-state index is 12.4. The van der Waals surface area contributed by atoms with Crippen molar-refractivity contribution in [1.82, 2.24) is 9.97 Å². The van der Waals surface area contributed by atoms with Crippen LogP contribution in [0.15, 0.2) is 58.1 Å². The molecule has 0 amide bonds. The number of ether oxygens (including phenoxy) is 2. The second kappa shape index (κ2) is 7.57. The number of hydrogen-bond donors (Lipinski definition) is 2. The predicted molar refractivity (Wildman–Crippen MR) is 100 cm³/mol.